The number of amides is 1. The van der Waals surface area contributed by atoms with Crippen molar-refractivity contribution >= 4 is 22.9 Å². The van der Waals surface area contributed by atoms with Crippen LogP contribution < -0.4 is 10.1 Å². The predicted molar refractivity (Wildman–Crippen MR) is 101 cm³/mol. The first-order valence-electron chi connectivity index (χ1n) is 8.28. The summed E-state index contributed by atoms with van der Waals surface area (Å²) in [7, 11) is 4.10. The number of hydrogen-bond acceptors (Lipinski definition) is 4. The zero-order valence-corrected chi connectivity index (χ0v) is 15.7. The van der Waals surface area contributed by atoms with Gasteiger partial charge in [-0.1, -0.05) is 6.92 Å². The largest absolute Gasteiger partial charge is 0.494 e. The highest BCUT2D eigenvalue weighted by Gasteiger charge is 2.11. The molecule has 0 atom stereocenters. The lowest BCUT2D eigenvalue weighted by atomic mass is 10.2. The molecule has 5 heteroatoms. The Hall–Kier alpha value is -1.85. The van der Waals surface area contributed by atoms with Crippen LogP contribution in [0.4, 0.5) is 5.69 Å². The van der Waals surface area contributed by atoms with Crippen LogP contribution in [-0.2, 0) is 6.42 Å². The molecule has 1 N–H and O–H groups in total. The van der Waals surface area contributed by atoms with Crippen LogP contribution in [0.2, 0.25) is 0 Å². The van der Waals surface area contributed by atoms with E-state index < -0.39 is 0 Å². The maximum absolute atomic E-state index is 12.3. The van der Waals surface area contributed by atoms with Crippen molar-refractivity contribution in [1.29, 1.82) is 0 Å². The lowest BCUT2D eigenvalue weighted by Crippen LogP contribution is -2.15. The average molecular weight is 346 g/mol. The zero-order chi connectivity index (χ0) is 17.5. The number of carbonyl (C=O) groups excluding carboxylic acids is 1. The van der Waals surface area contributed by atoms with E-state index in [9.17, 15) is 4.79 Å². The van der Waals surface area contributed by atoms with E-state index in [4.69, 9.17) is 4.74 Å². The molecule has 1 heterocycles. The van der Waals surface area contributed by atoms with Crippen LogP contribution in [-0.4, -0.2) is 38.1 Å². The minimum absolute atomic E-state index is 0.0533. The highest BCUT2D eigenvalue weighted by atomic mass is 32.1. The molecule has 0 aliphatic heterocycles. The van der Waals surface area contributed by atoms with Crippen molar-refractivity contribution < 1.29 is 9.53 Å². The van der Waals surface area contributed by atoms with Gasteiger partial charge in [-0.3, -0.25) is 4.79 Å². The molecule has 1 aromatic carbocycles. The molecule has 0 aliphatic rings. The first kappa shape index (κ1) is 18.5. The Morgan fingerprint density at radius 1 is 1.25 bits per heavy atom. The molecule has 130 valence electrons. The zero-order valence-electron chi connectivity index (χ0n) is 14.9. The maximum atomic E-state index is 12.3. The Bertz CT molecular complexity index is 663. The summed E-state index contributed by atoms with van der Waals surface area (Å²) in [6.45, 7) is 5.86. The van der Waals surface area contributed by atoms with E-state index in [1.807, 2.05) is 30.3 Å². The molecule has 0 fully saturated rings. The van der Waals surface area contributed by atoms with Crippen LogP contribution in [0.1, 0.15) is 33.5 Å². The first-order valence-corrected chi connectivity index (χ1v) is 9.09. The van der Waals surface area contributed by atoms with E-state index in [1.165, 1.54) is 10.4 Å². The molecular weight excluding hydrogens is 320 g/mol. The van der Waals surface area contributed by atoms with Crippen molar-refractivity contribution in [2.45, 2.75) is 26.7 Å². The topological polar surface area (TPSA) is 41.6 Å². The van der Waals surface area contributed by atoms with Crippen LogP contribution >= 0.6 is 11.3 Å². The van der Waals surface area contributed by atoms with Gasteiger partial charge < -0.3 is 15.0 Å². The first-order chi connectivity index (χ1) is 11.5. The molecule has 0 bridgehead atoms. The molecule has 2 aromatic rings. The third-order valence-corrected chi connectivity index (χ3v) is 5.08. The van der Waals surface area contributed by atoms with Gasteiger partial charge in [-0.2, -0.15) is 0 Å². The van der Waals surface area contributed by atoms with Crippen LogP contribution in [0.5, 0.6) is 5.75 Å². The fourth-order valence-electron chi connectivity index (χ4n) is 2.38. The second-order valence-corrected chi connectivity index (χ2v) is 7.19. The van der Waals surface area contributed by atoms with Gasteiger partial charge >= 0.3 is 0 Å². The molecule has 0 aliphatic carbocycles. The van der Waals surface area contributed by atoms with Crippen LogP contribution in [0.15, 0.2) is 30.3 Å². The van der Waals surface area contributed by atoms with Gasteiger partial charge in [0.05, 0.1) is 11.5 Å². The van der Waals surface area contributed by atoms with Crippen molar-refractivity contribution in [1.82, 2.24) is 4.90 Å². The highest BCUT2D eigenvalue weighted by molar-refractivity contribution is 7.14. The van der Waals surface area contributed by atoms with Crippen molar-refractivity contribution in [3.63, 3.8) is 0 Å². The lowest BCUT2D eigenvalue weighted by Gasteiger charge is -2.11. The number of thiophene rings is 1. The van der Waals surface area contributed by atoms with Gasteiger partial charge in [-0.25, -0.2) is 0 Å². The molecule has 0 spiro atoms. The van der Waals surface area contributed by atoms with Gasteiger partial charge in [0.1, 0.15) is 5.75 Å². The van der Waals surface area contributed by atoms with E-state index in [1.54, 1.807) is 11.3 Å². The number of nitrogens with one attached hydrogen (secondary N) is 1. The van der Waals surface area contributed by atoms with E-state index in [-0.39, 0.29) is 5.91 Å². The number of aryl methyl sites for hydroxylation is 2. The van der Waals surface area contributed by atoms with Gasteiger partial charge in [0.25, 0.3) is 5.91 Å². The fraction of sp³-hybridized carbons (Fsp3) is 0.421. The van der Waals surface area contributed by atoms with E-state index in [0.29, 0.717) is 6.61 Å². The Morgan fingerprint density at radius 2 is 1.96 bits per heavy atom. The summed E-state index contributed by atoms with van der Waals surface area (Å²) in [5.74, 6) is 0.773. The predicted octanol–water partition coefficient (Wildman–Crippen LogP) is 4.20. The fourth-order valence-corrected chi connectivity index (χ4v) is 3.39. The maximum Gasteiger partial charge on any atom is 0.265 e. The van der Waals surface area contributed by atoms with Gasteiger partial charge in [-0.15, -0.1) is 11.3 Å². The highest BCUT2D eigenvalue weighted by Crippen LogP contribution is 2.24. The second kappa shape index (κ2) is 8.85. The number of hydrogen-bond donors (Lipinski definition) is 1. The van der Waals surface area contributed by atoms with Crippen LogP contribution in [0.25, 0.3) is 0 Å². The Kier molecular flexibility index (Phi) is 6.82. The summed E-state index contributed by atoms with van der Waals surface area (Å²) in [5, 5.41) is 2.94. The third kappa shape index (κ3) is 5.35. The van der Waals surface area contributed by atoms with E-state index in [0.717, 1.165) is 35.7 Å². The van der Waals surface area contributed by atoms with E-state index in [2.05, 4.69) is 38.2 Å². The summed E-state index contributed by atoms with van der Waals surface area (Å²) in [4.78, 5) is 16.5. The molecule has 4 nitrogen and oxygen atoms in total. The monoisotopic (exact) mass is 346 g/mol. The molecule has 0 saturated heterocycles. The van der Waals surface area contributed by atoms with Crippen molar-refractivity contribution in [3.05, 3.63) is 45.6 Å². The van der Waals surface area contributed by atoms with Gasteiger partial charge in [0, 0.05) is 17.1 Å². The number of benzene rings is 1. The number of rotatable bonds is 8. The molecule has 0 saturated carbocycles. The van der Waals surface area contributed by atoms with Crippen molar-refractivity contribution in [2.24, 2.45) is 0 Å². The quantitative estimate of drug-likeness (QED) is 0.728. The van der Waals surface area contributed by atoms with E-state index >= 15 is 0 Å². The number of anilines is 1. The number of nitrogens with zero attached hydrogens (tertiary/aromatic N) is 1. The van der Waals surface area contributed by atoms with Crippen LogP contribution in [0.3, 0.4) is 0 Å². The molecule has 2 rings (SSSR count). The smallest absolute Gasteiger partial charge is 0.265 e. The Labute approximate surface area is 148 Å². The molecule has 0 radical (unpaired) electrons. The van der Waals surface area contributed by atoms with Crippen LogP contribution in [0, 0.1) is 6.92 Å². The third-order valence-electron chi connectivity index (χ3n) is 3.70. The lowest BCUT2D eigenvalue weighted by molar-refractivity contribution is 0.103. The Balaban J connectivity index is 1.87. The second-order valence-electron chi connectivity index (χ2n) is 6.05. The number of ether oxygens (including phenoxy) is 1. The molecule has 0 unspecified atom stereocenters. The van der Waals surface area contributed by atoms with Crippen molar-refractivity contribution in [3.8, 4) is 5.75 Å². The standard InChI is InChI=1S/C19H26N2O2S/c1-5-17-14(2)13-18(24-17)19(22)20-15-7-9-16(10-8-15)23-12-6-11-21(3)4/h7-10,13H,5-6,11-12H2,1-4H3,(H,20,22). The number of carbonyl (C=O) groups is 1. The summed E-state index contributed by atoms with van der Waals surface area (Å²) in [6, 6.07) is 9.49. The van der Waals surface area contributed by atoms with Gasteiger partial charge in [0.15, 0.2) is 0 Å². The average Bonchev–Trinajstić information content (AvgIpc) is 2.94. The normalized spacial score (nSPS) is 10.9. The molecule has 24 heavy (non-hydrogen) atoms. The van der Waals surface area contributed by atoms with Crippen molar-refractivity contribution in [2.75, 3.05) is 32.6 Å². The summed E-state index contributed by atoms with van der Waals surface area (Å²) in [6.07, 6.45) is 1.95. The molecule has 1 amide bonds. The summed E-state index contributed by atoms with van der Waals surface area (Å²) in [5.41, 5.74) is 1.97. The molecular formula is C19H26N2O2S. The minimum Gasteiger partial charge on any atom is -0.494 e. The summed E-state index contributed by atoms with van der Waals surface area (Å²) >= 11 is 1.57. The van der Waals surface area contributed by atoms with Gasteiger partial charge in [-0.05, 0) is 69.8 Å². The SMILES string of the molecule is CCc1sc(C(=O)Nc2ccc(OCCCN(C)C)cc2)cc1C. The summed E-state index contributed by atoms with van der Waals surface area (Å²) < 4.78 is 5.70. The Morgan fingerprint density at radius 3 is 2.54 bits per heavy atom. The minimum atomic E-state index is -0.0533. The molecule has 1 aromatic heterocycles. The van der Waals surface area contributed by atoms with Gasteiger partial charge in [0.2, 0.25) is 0 Å².